The molecule has 0 aliphatic carbocycles. The number of para-hydroxylation sites is 1. The van der Waals surface area contributed by atoms with Crippen LogP contribution in [0.15, 0.2) is 66.7 Å². The third-order valence-electron chi connectivity index (χ3n) is 4.89. The Bertz CT molecular complexity index is 903. The molecule has 2 atom stereocenters. The van der Waals surface area contributed by atoms with Crippen molar-refractivity contribution in [2.24, 2.45) is 0 Å². The van der Waals surface area contributed by atoms with Crippen LogP contribution < -0.4 is 10.6 Å². The third-order valence-corrected chi connectivity index (χ3v) is 4.89. The van der Waals surface area contributed by atoms with Crippen LogP contribution in [0.1, 0.15) is 38.7 Å². The first-order valence-corrected chi connectivity index (χ1v) is 9.23. The monoisotopic (exact) mass is 346 g/mol. The van der Waals surface area contributed by atoms with E-state index in [1.165, 1.54) is 10.9 Å². The standard InChI is InChI=1S/C23H26N2O/c1-4-16(2)21-11-7-8-12-22(21)25-23(26)17(3)24-20-14-13-18-9-5-6-10-19(18)15-20/h5-17,24H,4H2,1-3H3,(H,25,26)/t16-,17-/m0/s1. The summed E-state index contributed by atoms with van der Waals surface area (Å²) >= 11 is 0. The summed E-state index contributed by atoms with van der Waals surface area (Å²) in [6, 6.07) is 22.1. The van der Waals surface area contributed by atoms with Gasteiger partial charge in [0.05, 0.1) is 0 Å². The normalized spacial score (nSPS) is 13.2. The minimum absolute atomic E-state index is 0.0334. The Kier molecular flexibility index (Phi) is 5.57. The summed E-state index contributed by atoms with van der Waals surface area (Å²) in [6.07, 6.45) is 1.04. The van der Waals surface area contributed by atoms with E-state index in [2.05, 4.69) is 54.8 Å². The van der Waals surface area contributed by atoms with Gasteiger partial charge in [0.2, 0.25) is 5.91 Å². The molecule has 0 spiro atoms. The summed E-state index contributed by atoms with van der Waals surface area (Å²) in [4.78, 5) is 12.7. The Labute approximate surface area is 155 Å². The molecule has 0 saturated carbocycles. The molecule has 1 amide bonds. The van der Waals surface area contributed by atoms with Crippen molar-refractivity contribution in [2.75, 3.05) is 10.6 Å². The van der Waals surface area contributed by atoms with E-state index in [9.17, 15) is 4.79 Å². The summed E-state index contributed by atoms with van der Waals surface area (Å²) in [6.45, 7) is 6.23. The summed E-state index contributed by atoms with van der Waals surface area (Å²) in [5.41, 5.74) is 3.03. The highest BCUT2D eigenvalue weighted by atomic mass is 16.2. The first-order chi connectivity index (χ1) is 12.6. The van der Waals surface area contributed by atoms with Gasteiger partial charge in [0.1, 0.15) is 6.04 Å². The molecule has 26 heavy (non-hydrogen) atoms. The van der Waals surface area contributed by atoms with Gasteiger partial charge in [0, 0.05) is 11.4 Å². The molecule has 0 radical (unpaired) electrons. The van der Waals surface area contributed by atoms with Gasteiger partial charge in [-0.1, -0.05) is 62.4 Å². The van der Waals surface area contributed by atoms with Gasteiger partial charge >= 0.3 is 0 Å². The maximum atomic E-state index is 12.7. The van der Waals surface area contributed by atoms with E-state index in [0.717, 1.165) is 23.2 Å². The topological polar surface area (TPSA) is 41.1 Å². The van der Waals surface area contributed by atoms with Crippen molar-refractivity contribution in [1.29, 1.82) is 0 Å². The first-order valence-electron chi connectivity index (χ1n) is 9.23. The summed E-state index contributed by atoms with van der Waals surface area (Å²) in [5, 5.41) is 8.74. The summed E-state index contributed by atoms with van der Waals surface area (Å²) in [7, 11) is 0. The Morgan fingerprint density at radius 3 is 2.38 bits per heavy atom. The number of hydrogen-bond acceptors (Lipinski definition) is 2. The molecule has 0 fully saturated rings. The lowest BCUT2D eigenvalue weighted by Crippen LogP contribution is -2.32. The molecule has 0 aromatic heterocycles. The van der Waals surface area contributed by atoms with E-state index >= 15 is 0 Å². The summed E-state index contributed by atoms with van der Waals surface area (Å²) < 4.78 is 0. The van der Waals surface area contributed by atoms with E-state index in [1.807, 2.05) is 43.3 Å². The lowest BCUT2D eigenvalue weighted by Gasteiger charge is -2.19. The van der Waals surface area contributed by atoms with Crippen LogP contribution in [0.5, 0.6) is 0 Å². The first kappa shape index (κ1) is 18.0. The van der Waals surface area contributed by atoms with Crippen molar-refractivity contribution >= 4 is 28.1 Å². The lowest BCUT2D eigenvalue weighted by atomic mass is 9.97. The molecular weight excluding hydrogens is 320 g/mol. The number of carbonyl (C=O) groups is 1. The van der Waals surface area contributed by atoms with Gasteiger partial charge in [-0.25, -0.2) is 0 Å². The largest absolute Gasteiger partial charge is 0.374 e. The lowest BCUT2D eigenvalue weighted by molar-refractivity contribution is -0.116. The van der Waals surface area contributed by atoms with Crippen molar-refractivity contribution in [1.82, 2.24) is 0 Å². The van der Waals surface area contributed by atoms with E-state index < -0.39 is 0 Å². The zero-order chi connectivity index (χ0) is 18.5. The molecule has 0 aliphatic heterocycles. The SMILES string of the molecule is CC[C@H](C)c1ccccc1NC(=O)[C@H](C)Nc1ccc2ccccc2c1. The van der Waals surface area contributed by atoms with E-state index in [1.54, 1.807) is 0 Å². The van der Waals surface area contributed by atoms with Crippen molar-refractivity contribution < 1.29 is 4.79 Å². The summed E-state index contributed by atoms with van der Waals surface area (Å²) in [5.74, 6) is 0.379. The van der Waals surface area contributed by atoms with Crippen molar-refractivity contribution in [2.45, 2.75) is 39.2 Å². The van der Waals surface area contributed by atoms with Gasteiger partial charge in [-0.15, -0.1) is 0 Å². The van der Waals surface area contributed by atoms with E-state index in [0.29, 0.717) is 5.92 Å². The van der Waals surface area contributed by atoms with Gasteiger partial charge in [-0.3, -0.25) is 4.79 Å². The van der Waals surface area contributed by atoms with Gasteiger partial charge < -0.3 is 10.6 Å². The number of anilines is 2. The van der Waals surface area contributed by atoms with Crippen LogP contribution in [-0.2, 0) is 4.79 Å². The maximum absolute atomic E-state index is 12.7. The van der Waals surface area contributed by atoms with E-state index in [4.69, 9.17) is 0 Å². The second-order valence-electron chi connectivity index (χ2n) is 6.81. The van der Waals surface area contributed by atoms with Gasteiger partial charge in [-0.2, -0.15) is 0 Å². The van der Waals surface area contributed by atoms with Crippen molar-refractivity contribution in [3.63, 3.8) is 0 Å². The number of hydrogen-bond donors (Lipinski definition) is 2. The molecule has 0 aliphatic rings. The second kappa shape index (κ2) is 8.05. The molecule has 0 unspecified atom stereocenters. The van der Waals surface area contributed by atoms with Gasteiger partial charge in [0.25, 0.3) is 0 Å². The number of amides is 1. The number of fused-ring (bicyclic) bond motifs is 1. The molecule has 0 saturated heterocycles. The Morgan fingerprint density at radius 1 is 0.923 bits per heavy atom. The molecule has 3 aromatic rings. The molecule has 3 aromatic carbocycles. The zero-order valence-electron chi connectivity index (χ0n) is 15.6. The molecular formula is C23H26N2O. The van der Waals surface area contributed by atoms with Gasteiger partial charge in [0.15, 0.2) is 0 Å². The highest BCUT2D eigenvalue weighted by Gasteiger charge is 2.16. The fraction of sp³-hybridized carbons (Fsp3) is 0.261. The second-order valence-corrected chi connectivity index (χ2v) is 6.81. The predicted octanol–water partition coefficient (Wildman–Crippen LogP) is 5.79. The number of rotatable bonds is 6. The minimum atomic E-state index is -0.332. The predicted molar refractivity (Wildman–Crippen MR) is 111 cm³/mol. The minimum Gasteiger partial charge on any atom is -0.374 e. The average Bonchev–Trinajstić information content (AvgIpc) is 2.67. The fourth-order valence-electron chi connectivity index (χ4n) is 3.10. The molecule has 134 valence electrons. The zero-order valence-corrected chi connectivity index (χ0v) is 15.6. The highest BCUT2D eigenvalue weighted by Crippen LogP contribution is 2.27. The average molecular weight is 346 g/mol. The van der Waals surface area contributed by atoms with Crippen molar-refractivity contribution in [3.05, 3.63) is 72.3 Å². The fourth-order valence-corrected chi connectivity index (χ4v) is 3.10. The highest BCUT2D eigenvalue weighted by molar-refractivity contribution is 5.97. The number of nitrogens with one attached hydrogen (secondary N) is 2. The number of carbonyl (C=O) groups excluding carboxylic acids is 1. The van der Waals surface area contributed by atoms with Crippen LogP contribution in [-0.4, -0.2) is 11.9 Å². The molecule has 3 nitrogen and oxygen atoms in total. The number of benzene rings is 3. The maximum Gasteiger partial charge on any atom is 0.246 e. The smallest absolute Gasteiger partial charge is 0.246 e. The molecule has 0 bridgehead atoms. The Morgan fingerprint density at radius 2 is 1.62 bits per heavy atom. The molecule has 2 N–H and O–H groups in total. The third kappa shape index (κ3) is 4.05. The van der Waals surface area contributed by atoms with Gasteiger partial charge in [-0.05, 0) is 53.8 Å². The Hall–Kier alpha value is -2.81. The van der Waals surface area contributed by atoms with Crippen LogP contribution in [0.25, 0.3) is 10.8 Å². The van der Waals surface area contributed by atoms with E-state index in [-0.39, 0.29) is 11.9 Å². The quantitative estimate of drug-likeness (QED) is 0.593. The van der Waals surface area contributed by atoms with Crippen molar-refractivity contribution in [3.8, 4) is 0 Å². The van der Waals surface area contributed by atoms with Crippen LogP contribution in [0, 0.1) is 0 Å². The van der Waals surface area contributed by atoms with Crippen LogP contribution in [0.2, 0.25) is 0 Å². The van der Waals surface area contributed by atoms with Crippen LogP contribution in [0.3, 0.4) is 0 Å². The Balaban J connectivity index is 1.71. The van der Waals surface area contributed by atoms with Crippen LogP contribution in [0.4, 0.5) is 11.4 Å². The van der Waals surface area contributed by atoms with Crippen LogP contribution >= 0.6 is 0 Å². The molecule has 3 heteroatoms. The molecule has 3 rings (SSSR count). The molecule has 0 heterocycles.